The molecule has 8 atom stereocenters. The average Bonchev–Trinajstić information content (AvgIpc) is 1.67. The molecule has 2 aromatic heterocycles. The zero-order valence-corrected chi connectivity index (χ0v) is 68.0. The van der Waals surface area contributed by atoms with E-state index in [4.69, 9.17) is 42.0 Å². The van der Waals surface area contributed by atoms with Crippen LogP contribution in [-0.4, -0.2) is 118 Å². The molecule has 2 fully saturated rings. The van der Waals surface area contributed by atoms with Gasteiger partial charge in [0.05, 0.1) is 58.6 Å². The minimum atomic E-state index is -4.82. The van der Waals surface area contributed by atoms with E-state index >= 15 is 0 Å². The predicted octanol–water partition coefficient (Wildman–Crippen LogP) is 14.5. The number of carbonyl (C=O) groups excluding carboxylic acids is 4. The summed E-state index contributed by atoms with van der Waals surface area (Å²) in [6, 6.07) is 12.1. The summed E-state index contributed by atoms with van der Waals surface area (Å²) >= 11 is 0. The summed E-state index contributed by atoms with van der Waals surface area (Å²) in [4.78, 5) is 112. The molecule has 6 rings (SSSR count). The number of hydrogen-bond acceptors (Lipinski definition) is 20. The Labute approximate surface area is 656 Å². The van der Waals surface area contributed by atoms with Gasteiger partial charge in [0.15, 0.2) is 0 Å². The molecule has 0 bridgehead atoms. The van der Waals surface area contributed by atoms with Crippen molar-refractivity contribution in [3.63, 3.8) is 0 Å². The van der Waals surface area contributed by atoms with E-state index in [1.807, 2.05) is 49.4 Å². The molecule has 3 amide bonds. The lowest BCUT2D eigenvalue weighted by atomic mass is 10.1. The first-order valence-corrected chi connectivity index (χ1v) is 42.9. The third-order valence-corrected chi connectivity index (χ3v) is 21.5. The van der Waals surface area contributed by atoms with Crippen molar-refractivity contribution in [1.29, 1.82) is 5.26 Å². The van der Waals surface area contributed by atoms with E-state index in [0.29, 0.717) is 37.1 Å². The van der Waals surface area contributed by atoms with Crippen molar-refractivity contribution >= 4 is 31.5 Å². The van der Waals surface area contributed by atoms with Crippen molar-refractivity contribution < 1.29 is 70.8 Å². The number of aliphatic hydroxyl groups is 1. The number of ether oxygens (including phenoxy) is 6. The topological polar surface area (TPSA) is 358 Å². The number of esters is 1. The molecule has 28 heteroatoms. The number of carbonyl (C=O) groups is 4. The molecule has 2 aliphatic heterocycles. The number of phosphoric ester groups is 1. The quantitative estimate of drug-likeness (QED) is 0.0136. The molecule has 27 nitrogen and oxygen atoms in total. The molecule has 0 saturated carbocycles. The van der Waals surface area contributed by atoms with E-state index in [9.17, 15) is 53.3 Å². The lowest BCUT2D eigenvalue weighted by Crippen LogP contribution is -2.47. The standard InChI is InChI=1S/C83H129N8O19P/c1-7-10-13-16-19-22-25-28-31-34-43-102-66-48-61(4)47-64(49-66)56-86-81(98)69(38-39-74(93)85-55-65-50-67(103-44-35-32-29-26-23-20-17-14-11-8-2)52-68(51-65)104-45-36-33-30-27-24-21-18-15-12-9-3)87-75(94)40-41-78(95)109-70-53-76(90-57-62(5)79(96)88-82(90)99)108-73(70)60-106-111(101,105-46-37-42-84)110-71-54-77(107-72(71)59-92)91-58-63(6)80(97)89-83(91)100/h47-52,57-58,69-73,76-77,92H,7-41,43-46,53-56,59-60H2,1-6H3,(H,85,93)(H,86,98)(H,87,94)(H,88,96,99)(H,89,97,100)/t69?,70-,71-,72-,73-,76-,77-,111?/m1/s1. The molecule has 2 saturated heterocycles. The largest absolute Gasteiger partial charge is 0.494 e. The van der Waals surface area contributed by atoms with Gasteiger partial charge in [-0.3, -0.25) is 61.4 Å². The SMILES string of the molecule is CCCCCCCCCCCCOc1cc(C)cc(CNC(=O)C(CCC(=O)NCc2cc(OCCCCCCCCCCCC)cc(OCCCCCCCCCCCC)c2)NC(=O)CCC(=O)O[C@@H]2C[C@H](n3cc(C)c(=O)[nH]c3=O)O[C@@H]2COP(=O)(OCCC#N)O[C@@H]2C[C@H](n3cc(C)c(=O)[nH]c3=O)O[C@@H]2CO)c1. The van der Waals surface area contributed by atoms with Crippen LogP contribution in [0, 0.1) is 32.1 Å². The number of aryl methyl sites for hydroxylation is 3. The van der Waals surface area contributed by atoms with Gasteiger partial charge in [-0.15, -0.1) is 0 Å². The summed E-state index contributed by atoms with van der Waals surface area (Å²) in [5.41, 5.74) is -0.206. The van der Waals surface area contributed by atoms with Gasteiger partial charge < -0.3 is 49.5 Å². The third-order valence-electron chi connectivity index (χ3n) is 20.0. The van der Waals surface area contributed by atoms with Gasteiger partial charge in [-0.2, -0.15) is 5.26 Å². The number of unbranched alkanes of at least 4 members (excludes halogenated alkanes) is 27. The van der Waals surface area contributed by atoms with Crippen LogP contribution in [0.2, 0.25) is 0 Å². The molecule has 0 spiro atoms. The van der Waals surface area contributed by atoms with Crippen LogP contribution in [0.15, 0.2) is 68.0 Å². The van der Waals surface area contributed by atoms with Crippen LogP contribution in [0.1, 0.15) is 299 Å². The van der Waals surface area contributed by atoms with Gasteiger partial charge in [0.25, 0.3) is 11.1 Å². The minimum Gasteiger partial charge on any atom is -0.494 e. The molecule has 2 aliphatic rings. The summed E-state index contributed by atoms with van der Waals surface area (Å²) in [5.74, 6) is -0.684. The number of benzene rings is 2. The van der Waals surface area contributed by atoms with Crippen molar-refractivity contribution in [2.75, 3.05) is 39.6 Å². The zero-order chi connectivity index (χ0) is 80.0. The molecule has 111 heavy (non-hydrogen) atoms. The van der Waals surface area contributed by atoms with Crippen molar-refractivity contribution in [3.05, 3.63) is 118 Å². The highest BCUT2D eigenvalue weighted by molar-refractivity contribution is 7.48. The fourth-order valence-electron chi connectivity index (χ4n) is 13.6. The number of phosphoric acid groups is 1. The van der Waals surface area contributed by atoms with E-state index in [-0.39, 0.29) is 56.3 Å². The van der Waals surface area contributed by atoms with Crippen LogP contribution in [0.4, 0.5) is 0 Å². The van der Waals surface area contributed by atoms with E-state index in [1.54, 1.807) is 0 Å². The second kappa shape index (κ2) is 52.8. The lowest BCUT2D eigenvalue weighted by molar-refractivity contribution is -0.154. The van der Waals surface area contributed by atoms with Crippen LogP contribution >= 0.6 is 7.82 Å². The fraction of sp³-hybridized carbons (Fsp3) is 0.699. The number of amides is 3. The van der Waals surface area contributed by atoms with Crippen molar-refractivity contribution in [1.82, 2.24) is 35.1 Å². The second-order valence-electron chi connectivity index (χ2n) is 29.7. The number of hydrogen-bond donors (Lipinski definition) is 6. The van der Waals surface area contributed by atoms with Gasteiger partial charge in [0, 0.05) is 68.4 Å². The predicted molar refractivity (Wildman–Crippen MR) is 424 cm³/mol. The number of aromatic nitrogens is 4. The normalized spacial score (nSPS) is 17.6. The molecular formula is C83H129N8O19P. The van der Waals surface area contributed by atoms with Crippen LogP contribution < -0.4 is 52.7 Å². The maximum absolute atomic E-state index is 14.6. The minimum absolute atomic E-state index is 0.0635. The molecule has 6 N–H and O–H groups in total. The molecule has 620 valence electrons. The molecule has 0 aliphatic carbocycles. The molecule has 2 unspecified atom stereocenters. The smallest absolute Gasteiger partial charge is 0.475 e. The average molecular weight is 1570 g/mol. The molecule has 2 aromatic carbocycles. The lowest BCUT2D eigenvalue weighted by Gasteiger charge is -2.25. The number of rotatable bonds is 60. The maximum Gasteiger partial charge on any atom is 0.475 e. The van der Waals surface area contributed by atoms with Gasteiger partial charge in [-0.25, -0.2) is 14.2 Å². The monoisotopic (exact) mass is 1570 g/mol. The number of aliphatic hydroxyl groups excluding tert-OH is 1. The number of nitrogens with one attached hydrogen (secondary N) is 5. The summed E-state index contributed by atoms with van der Waals surface area (Å²) in [7, 11) is -4.82. The van der Waals surface area contributed by atoms with Gasteiger partial charge in [0.2, 0.25) is 17.7 Å². The molecular weight excluding hydrogens is 1440 g/mol. The van der Waals surface area contributed by atoms with E-state index in [2.05, 4.69) is 46.7 Å². The first-order valence-electron chi connectivity index (χ1n) is 41.4. The van der Waals surface area contributed by atoms with E-state index in [0.717, 1.165) is 83.6 Å². The van der Waals surface area contributed by atoms with Gasteiger partial charge in [0.1, 0.15) is 60.2 Å². The number of nitriles is 1. The summed E-state index contributed by atoms with van der Waals surface area (Å²) < 4.78 is 71.0. The van der Waals surface area contributed by atoms with E-state index in [1.165, 1.54) is 161 Å². The van der Waals surface area contributed by atoms with E-state index < -0.39 is 130 Å². The molecule has 0 radical (unpaired) electrons. The number of nitrogens with zero attached hydrogens (tertiary/aromatic N) is 3. The van der Waals surface area contributed by atoms with Crippen molar-refractivity contribution in [2.45, 2.75) is 335 Å². The Morgan fingerprint density at radius 3 is 1.47 bits per heavy atom. The third kappa shape index (κ3) is 35.7. The van der Waals surface area contributed by atoms with Gasteiger partial charge in [-0.05, 0) is 87.4 Å². The van der Waals surface area contributed by atoms with Crippen LogP contribution in [0.25, 0.3) is 0 Å². The van der Waals surface area contributed by atoms with Crippen LogP contribution in [0.5, 0.6) is 17.2 Å². The Morgan fingerprint density at radius 2 is 0.991 bits per heavy atom. The van der Waals surface area contributed by atoms with Gasteiger partial charge in [-0.1, -0.05) is 200 Å². The highest BCUT2D eigenvalue weighted by Gasteiger charge is 2.46. The molecule has 4 aromatic rings. The van der Waals surface area contributed by atoms with Crippen LogP contribution in [0.3, 0.4) is 0 Å². The summed E-state index contributed by atoms with van der Waals surface area (Å²) in [6.45, 7) is 11.5. The fourth-order valence-corrected chi connectivity index (χ4v) is 15.0. The zero-order valence-electron chi connectivity index (χ0n) is 67.1. The van der Waals surface area contributed by atoms with Crippen molar-refractivity contribution in [3.8, 4) is 23.3 Å². The highest BCUT2D eigenvalue weighted by Crippen LogP contribution is 2.54. The first kappa shape index (κ1) is 92.4. The Bertz CT molecular complexity index is 3720. The Kier molecular flexibility index (Phi) is 44.0. The van der Waals surface area contributed by atoms with Crippen molar-refractivity contribution in [2.24, 2.45) is 0 Å². The first-order chi connectivity index (χ1) is 53.7. The van der Waals surface area contributed by atoms with Gasteiger partial charge >= 0.3 is 25.2 Å². The summed E-state index contributed by atoms with van der Waals surface area (Å²) in [5, 5.41) is 28.4. The highest BCUT2D eigenvalue weighted by atomic mass is 31.2. The maximum atomic E-state index is 14.6. The number of H-pyrrole nitrogens is 2. The Morgan fingerprint density at radius 1 is 0.550 bits per heavy atom. The van der Waals surface area contributed by atoms with Crippen LogP contribution in [-0.2, 0) is 64.6 Å². The molecule has 4 heterocycles. The Hall–Kier alpha value is -7.44. The Balaban J connectivity index is 1.13. The number of aromatic amines is 2. The summed E-state index contributed by atoms with van der Waals surface area (Å²) in [6.07, 6.45) is 29.0. The second-order valence-corrected chi connectivity index (χ2v) is 31.4.